The van der Waals surface area contributed by atoms with E-state index in [0.29, 0.717) is 0 Å². The summed E-state index contributed by atoms with van der Waals surface area (Å²) in [4.78, 5) is 10.1. The zero-order valence-electron chi connectivity index (χ0n) is 51.5. The Bertz CT molecular complexity index is 4580. The van der Waals surface area contributed by atoms with Gasteiger partial charge in [-0.25, -0.2) is 0 Å². The van der Waals surface area contributed by atoms with Crippen LogP contribution in [0, 0.1) is 0 Å². The lowest BCUT2D eigenvalue weighted by Crippen LogP contribution is -2.37. The maximum Gasteiger partial charge on any atom is 0.145 e. The molecule has 0 saturated heterocycles. The van der Waals surface area contributed by atoms with Crippen LogP contribution in [-0.4, -0.2) is 0 Å². The van der Waals surface area contributed by atoms with E-state index in [9.17, 15) is 0 Å². The second-order valence-electron chi connectivity index (χ2n) is 28.2. The molecule has 0 amide bonds. The summed E-state index contributed by atoms with van der Waals surface area (Å²) in [5, 5.41) is 4.50. The molecule has 0 N–H and O–H groups in total. The van der Waals surface area contributed by atoms with Crippen molar-refractivity contribution >= 4 is 95.7 Å². The first-order valence-electron chi connectivity index (χ1n) is 30.6. The lowest BCUT2D eigenvalue weighted by atomic mass is 9.64. The van der Waals surface area contributed by atoms with Crippen LogP contribution in [0.5, 0.6) is 0 Å². The summed E-state index contributed by atoms with van der Waals surface area (Å²) in [5.41, 5.74) is 23.2. The van der Waals surface area contributed by atoms with Crippen molar-refractivity contribution in [3.05, 3.63) is 269 Å². The lowest BCUT2D eigenvalue weighted by molar-refractivity contribution is 0.590. The summed E-state index contributed by atoms with van der Waals surface area (Å²) in [6.07, 6.45) is 0. The molecular weight excluding hydrogens is 1060 g/mol. The van der Waals surface area contributed by atoms with E-state index in [1.54, 1.807) is 0 Å². The molecule has 2 aliphatic heterocycles. The fraction of sp³-hybridized carbons (Fsp3) is 0.210. The van der Waals surface area contributed by atoms with E-state index in [4.69, 9.17) is 4.42 Å². The van der Waals surface area contributed by atoms with Crippen molar-refractivity contribution in [3.8, 4) is 11.1 Å². The Morgan fingerprint density at radius 3 is 1.33 bits per heavy atom. The molecule has 1 atom stereocenters. The predicted molar refractivity (Wildman–Crippen MR) is 365 cm³/mol. The van der Waals surface area contributed by atoms with Gasteiger partial charge in [0.2, 0.25) is 0 Å². The minimum Gasteiger partial charge on any atom is -0.455 e. The average molecular weight is 1140 g/mol. The van der Waals surface area contributed by atoms with Crippen molar-refractivity contribution in [3.63, 3.8) is 0 Å². The molecule has 4 nitrogen and oxygen atoms in total. The molecule has 86 heavy (non-hydrogen) atoms. The molecular formula is C81H73N3OS. The first-order valence-corrected chi connectivity index (χ1v) is 31.4. The first kappa shape index (κ1) is 53.9. The standard InChI is InChI=1S/C81H73N3OS/c1-77(2,3)50-32-40-54(41-33-50)82(55-42-34-51(35-43-55)78(4,5)6)67-48-63-72(59-23-14-13-22-58(59)67)74-64(81(63)61-25-16-17-27-65(61)84-66-28-18-20-30-70(66)86-71-31-21-26-62(81)75(71)84)49-68(73-60-24-15-19-29-69(60)85-76(73)74)83(56-44-36-52(37-45-56)79(7,8)9)57-46-38-53(39-47-57)80(10,11)12/h13-49H,1-12H3. The Hall–Kier alpha value is -8.77. The van der Waals surface area contributed by atoms with E-state index in [1.807, 2.05) is 11.8 Å². The van der Waals surface area contributed by atoms with Gasteiger partial charge in [0.15, 0.2) is 0 Å². The van der Waals surface area contributed by atoms with Crippen LogP contribution in [0.15, 0.2) is 239 Å². The highest BCUT2D eigenvalue weighted by Gasteiger charge is 2.55. The average Bonchev–Trinajstić information content (AvgIpc) is 1.44. The topological polar surface area (TPSA) is 22.9 Å². The monoisotopic (exact) mass is 1140 g/mol. The quantitative estimate of drug-likeness (QED) is 0.165. The van der Waals surface area contributed by atoms with E-state index in [-0.39, 0.29) is 21.7 Å². The van der Waals surface area contributed by atoms with Crippen LogP contribution < -0.4 is 14.7 Å². The first-order chi connectivity index (χ1) is 41.2. The minimum absolute atomic E-state index is 0.0196. The molecule has 1 unspecified atom stereocenters. The maximum atomic E-state index is 7.67. The van der Waals surface area contributed by atoms with Crippen LogP contribution in [-0.2, 0) is 27.1 Å². The summed E-state index contributed by atoms with van der Waals surface area (Å²) >= 11 is 1.88. The van der Waals surface area contributed by atoms with Gasteiger partial charge in [0.25, 0.3) is 0 Å². The molecule has 15 rings (SSSR count). The minimum atomic E-state index is -0.883. The number of benzene rings is 11. The van der Waals surface area contributed by atoms with E-state index in [0.717, 1.165) is 67.0 Å². The molecule has 3 aliphatic rings. The summed E-state index contributed by atoms with van der Waals surface area (Å²) < 4.78 is 7.67. The zero-order chi connectivity index (χ0) is 59.4. The predicted octanol–water partition coefficient (Wildman–Crippen LogP) is 23.5. The molecule has 12 aromatic rings. The van der Waals surface area contributed by atoms with Gasteiger partial charge in [-0.1, -0.05) is 228 Å². The van der Waals surface area contributed by atoms with Crippen LogP contribution in [0.3, 0.4) is 0 Å². The van der Waals surface area contributed by atoms with Crippen LogP contribution in [0.2, 0.25) is 0 Å². The molecule has 3 heterocycles. The highest BCUT2D eigenvalue weighted by atomic mass is 32.2. The fourth-order valence-electron chi connectivity index (χ4n) is 14.2. The number of rotatable bonds is 6. The van der Waals surface area contributed by atoms with Gasteiger partial charge in [-0.2, -0.15) is 0 Å². The van der Waals surface area contributed by atoms with E-state index < -0.39 is 5.41 Å². The zero-order valence-corrected chi connectivity index (χ0v) is 52.3. The number of hydrogen-bond donors (Lipinski definition) is 0. The normalized spacial score (nSPS) is 15.2. The van der Waals surface area contributed by atoms with Crippen LogP contribution in [0.25, 0.3) is 43.8 Å². The number of nitrogens with zero attached hydrogens (tertiary/aromatic N) is 3. The van der Waals surface area contributed by atoms with Crippen LogP contribution >= 0.6 is 11.8 Å². The summed E-state index contributed by atoms with van der Waals surface area (Å²) in [6.45, 7) is 27.6. The van der Waals surface area contributed by atoms with Crippen molar-refractivity contribution in [1.29, 1.82) is 0 Å². The van der Waals surface area contributed by atoms with Crippen molar-refractivity contribution in [2.24, 2.45) is 0 Å². The third-order valence-electron chi connectivity index (χ3n) is 18.7. The Labute approximate surface area is 511 Å². The SMILES string of the molecule is CC(C)(C)c1ccc(N(c2ccc(C(C)(C)C)cc2)c2cc3c(c4ccccc24)-c2c(cc(N(c4ccc(C(C)(C)C)cc4)c4ccc(C(C)(C)C)cc4)c4c2oc2ccccc24)C32c3ccccc3N3c4ccccc4Sc4cccc2c43)cc1. The van der Waals surface area contributed by atoms with Gasteiger partial charge >= 0.3 is 0 Å². The van der Waals surface area contributed by atoms with Crippen LogP contribution in [0.4, 0.5) is 51.2 Å². The number of hydrogen-bond acceptors (Lipinski definition) is 5. The van der Waals surface area contributed by atoms with Crippen molar-refractivity contribution < 1.29 is 4.42 Å². The van der Waals surface area contributed by atoms with E-state index in [2.05, 4.69) is 322 Å². The van der Waals surface area contributed by atoms with Gasteiger partial charge in [-0.05, 0) is 168 Å². The maximum absolute atomic E-state index is 7.67. The Morgan fingerprint density at radius 1 is 0.360 bits per heavy atom. The van der Waals surface area contributed by atoms with E-state index in [1.165, 1.54) is 82.3 Å². The molecule has 0 saturated carbocycles. The third kappa shape index (κ3) is 8.17. The second-order valence-corrected chi connectivity index (χ2v) is 29.3. The molecule has 1 aromatic heterocycles. The number of para-hydroxylation sites is 4. The Balaban J connectivity index is 1.12. The molecule has 11 aromatic carbocycles. The third-order valence-corrected chi connectivity index (χ3v) is 19.8. The van der Waals surface area contributed by atoms with Gasteiger partial charge in [0.1, 0.15) is 11.2 Å². The fourth-order valence-corrected chi connectivity index (χ4v) is 15.3. The van der Waals surface area contributed by atoms with Crippen molar-refractivity contribution in [1.82, 2.24) is 0 Å². The molecule has 0 fully saturated rings. The summed E-state index contributed by atoms with van der Waals surface area (Å²) in [7, 11) is 0. The Morgan fingerprint density at radius 2 is 0.779 bits per heavy atom. The molecule has 0 bridgehead atoms. The largest absolute Gasteiger partial charge is 0.455 e. The second kappa shape index (κ2) is 19.1. The molecule has 0 radical (unpaired) electrons. The smallest absolute Gasteiger partial charge is 0.145 e. The summed E-state index contributed by atoms with van der Waals surface area (Å²) in [5.74, 6) is 0. The lowest BCUT2D eigenvalue weighted by Gasteiger charge is -2.47. The van der Waals surface area contributed by atoms with Gasteiger partial charge in [0, 0.05) is 48.9 Å². The molecule has 424 valence electrons. The Kier molecular flexibility index (Phi) is 12.0. The van der Waals surface area contributed by atoms with Crippen molar-refractivity contribution in [2.45, 2.75) is 120 Å². The molecule has 5 heteroatoms. The highest BCUT2D eigenvalue weighted by Crippen LogP contribution is 2.70. The molecule has 1 spiro atoms. The number of furan rings is 1. The van der Waals surface area contributed by atoms with Crippen molar-refractivity contribution in [2.75, 3.05) is 14.7 Å². The van der Waals surface area contributed by atoms with Gasteiger partial charge in [-0.3, -0.25) is 0 Å². The van der Waals surface area contributed by atoms with Gasteiger partial charge < -0.3 is 19.1 Å². The van der Waals surface area contributed by atoms with Gasteiger partial charge in [-0.15, -0.1) is 0 Å². The summed E-state index contributed by atoms with van der Waals surface area (Å²) in [6, 6.07) is 85.6. The number of fused-ring (bicyclic) bond motifs is 17. The van der Waals surface area contributed by atoms with Gasteiger partial charge in [0.05, 0.1) is 39.2 Å². The number of anilines is 9. The highest BCUT2D eigenvalue weighted by molar-refractivity contribution is 7.99. The van der Waals surface area contributed by atoms with E-state index >= 15 is 0 Å². The van der Waals surface area contributed by atoms with Crippen LogP contribution in [0.1, 0.15) is 128 Å². The molecule has 1 aliphatic carbocycles.